The lowest BCUT2D eigenvalue weighted by Gasteiger charge is -2.42. The molecule has 1 aromatic carbocycles. The molecule has 1 aliphatic heterocycles. The molecule has 0 aliphatic carbocycles. The summed E-state index contributed by atoms with van der Waals surface area (Å²) in [5.41, 5.74) is 4.40. The molecule has 1 heterocycles. The lowest BCUT2D eigenvalue weighted by Crippen LogP contribution is -2.46. The predicted molar refractivity (Wildman–Crippen MR) is 80.7 cm³/mol. The number of nitrogens with zero attached hydrogens (tertiary/aromatic N) is 1. The summed E-state index contributed by atoms with van der Waals surface area (Å²) in [7, 11) is 0. The lowest BCUT2D eigenvalue weighted by atomic mass is 9.86. The molecule has 18 heavy (non-hydrogen) atoms. The molecule has 0 amide bonds. The van der Waals surface area contributed by atoms with E-state index in [4.69, 9.17) is 0 Å². The number of rotatable bonds is 0. The molecule has 0 bridgehead atoms. The maximum Gasteiger partial charge on any atom is 0.0609 e. The summed E-state index contributed by atoms with van der Waals surface area (Å²) in [6.45, 7) is 15.8. The van der Waals surface area contributed by atoms with Gasteiger partial charge in [0.15, 0.2) is 0 Å². The van der Waals surface area contributed by atoms with Gasteiger partial charge in [-0.1, -0.05) is 26.8 Å². The Balaban J connectivity index is 2.48. The Morgan fingerprint density at radius 2 is 1.72 bits per heavy atom. The van der Waals surface area contributed by atoms with Crippen LogP contribution in [-0.2, 0) is 5.41 Å². The van der Waals surface area contributed by atoms with E-state index in [0.717, 1.165) is 13.1 Å². The Labute approximate surface area is 111 Å². The highest BCUT2D eigenvalue weighted by Crippen LogP contribution is 2.37. The monoisotopic (exact) mass is 246 g/mol. The number of hydrogen-bond acceptors (Lipinski definition) is 2. The second-order valence-electron chi connectivity index (χ2n) is 7.23. The molecule has 2 rings (SSSR count). The Hall–Kier alpha value is -1.18. The van der Waals surface area contributed by atoms with Crippen LogP contribution in [0.25, 0.3) is 0 Å². The van der Waals surface area contributed by atoms with Crippen LogP contribution in [-0.4, -0.2) is 18.6 Å². The van der Waals surface area contributed by atoms with E-state index in [2.05, 4.69) is 70.0 Å². The van der Waals surface area contributed by atoms with Gasteiger partial charge in [0.2, 0.25) is 0 Å². The van der Waals surface area contributed by atoms with Gasteiger partial charge in [0.25, 0.3) is 0 Å². The predicted octanol–water partition coefficient (Wildman–Crippen LogP) is 4.01. The van der Waals surface area contributed by atoms with Gasteiger partial charge in [0.05, 0.1) is 11.4 Å². The third-order valence-corrected chi connectivity index (χ3v) is 3.62. The van der Waals surface area contributed by atoms with Crippen LogP contribution in [0.15, 0.2) is 18.2 Å². The Morgan fingerprint density at radius 1 is 1.06 bits per heavy atom. The van der Waals surface area contributed by atoms with Crippen molar-refractivity contribution in [1.29, 1.82) is 0 Å². The molecule has 0 unspecified atom stereocenters. The molecular formula is C16H26N2. The minimum absolute atomic E-state index is 0.174. The van der Waals surface area contributed by atoms with Crippen LogP contribution in [0.2, 0.25) is 0 Å². The molecule has 0 atom stereocenters. The average Bonchev–Trinajstić information content (AvgIpc) is 2.25. The first kappa shape index (κ1) is 13.3. The fourth-order valence-electron chi connectivity index (χ4n) is 2.49. The van der Waals surface area contributed by atoms with Gasteiger partial charge >= 0.3 is 0 Å². The van der Waals surface area contributed by atoms with Gasteiger partial charge in [-0.15, -0.1) is 0 Å². The van der Waals surface area contributed by atoms with Crippen molar-refractivity contribution in [3.8, 4) is 0 Å². The van der Waals surface area contributed by atoms with Gasteiger partial charge in [0.1, 0.15) is 0 Å². The van der Waals surface area contributed by atoms with Crippen LogP contribution in [0.5, 0.6) is 0 Å². The summed E-state index contributed by atoms with van der Waals surface area (Å²) in [6.07, 6.45) is 0. The van der Waals surface area contributed by atoms with Crippen molar-refractivity contribution in [3.05, 3.63) is 23.8 Å². The molecule has 2 nitrogen and oxygen atoms in total. The highest BCUT2D eigenvalue weighted by atomic mass is 15.2. The molecule has 1 N–H and O–H groups in total. The normalized spacial score (nSPS) is 16.2. The fraction of sp³-hybridized carbons (Fsp3) is 0.625. The Morgan fingerprint density at radius 3 is 2.28 bits per heavy atom. The minimum atomic E-state index is 0.174. The second kappa shape index (κ2) is 4.18. The molecule has 0 saturated heterocycles. The number of fused-ring (bicyclic) bond motifs is 1. The topological polar surface area (TPSA) is 15.3 Å². The van der Waals surface area contributed by atoms with Crippen LogP contribution in [0, 0.1) is 0 Å². The SMILES string of the molecule is CC(C)(C)c1ccc2c(c1)N(C(C)(C)C)CCN2. The fourth-order valence-corrected chi connectivity index (χ4v) is 2.49. The standard InChI is InChI=1S/C16H26N2/c1-15(2,3)12-7-8-13-14(11-12)18(10-9-17-13)16(4,5)6/h7-8,11,17H,9-10H2,1-6H3. The molecular weight excluding hydrogens is 220 g/mol. The van der Waals surface area contributed by atoms with Crippen molar-refractivity contribution < 1.29 is 0 Å². The van der Waals surface area contributed by atoms with Gasteiger partial charge in [-0.05, 0) is 43.9 Å². The largest absolute Gasteiger partial charge is 0.382 e. The average molecular weight is 246 g/mol. The Kier molecular flexibility index (Phi) is 3.08. The van der Waals surface area contributed by atoms with Gasteiger partial charge in [-0.3, -0.25) is 0 Å². The Bertz CT molecular complexity index is 435. The summed E-state index contributed by atoms with van der Waals surface area (Å²) in [6, 6.07) is 6.83. The van der Waals surface area contributed by atoms with Gasteiger partial charge in [-0.2, -0.15) is 0 Å². The molecule has 0 aromatic heterocycles. The van der Waals surface area contributed by atoms with Crippen LogP contribution >= 0.6 is 0 Å². The van der Waals surface area contributed by atoms with Crippen molar-refractivity contribution in [3.63, 3.8) is 0 Å². The third-order valence-electron chi connectivity index (χ3n) is 3.62. The van der Waals surface area contributed by atoms with Crippen molar-refractivity contribution in [2.75, 3.05) is 23.3 Å². The minimum Gasteiger partial charge on any atom is -0.382 e. The van der Waals surface area contributed by atoms with E-state index in [1.165, 1.54) is 16.9 Å². The summed E-state index contributed by atoms with van der Waals surface area (Å²) >= 11 is 0. The van der Waals surface area contributed by atoms with Gasteiger partial charge in [0, 0.05) is 18.6 Å². The first-order valence-corrected chi connectivity index (χ1v) is 6.86. The van der Waals surface area contributed by atoms with Crippen LogP contribution < -0.4 is 10.2 Å². The smallest absolute Gasteiger partial charge is 0.0609 e. The van der Waals surface area contributed by atoms with Crippen LogP contribution in [0.4, 0.5) is 11.4 Å². The summed E-state index contributed by atoms with van der Waals surface area (Å²) in [5.74, 6) is 0. The van der Waals surface area contributed by atoms with E-state index < -0.39 is 0 Å². The molecule has 2 heteroatoms. The van der Waals surface area contributed by atoms with E-state index in [9.17, 15) is 0 Å². The maximum absolute atomic E-state index is 3.50. The zero-order valence-electron chi connectivity index (χ0n) is 12.6. The molecule has 100 valence electrons. The maximum atomic E-state index is 3.50. The third kappa shape index (κ3) is 2.47. The molecule has 0 radical (unpaired) electrons. The zero-order valence-corrected chi connectivity index (χ0v) is 12.6. The highest BCUT2D eigenvalue weighted by molar-refractivity contribution is 5.74. The number of hydrogen-bond donors (Lipinski definition) is 1. The molecule has 0 fully saturated rings. The molecule has 0 spiro atoms. The van der Waals surface area contributed by atoms with Crippen molar-refractivity contribution >= 4 is 11.4 Å². The van der Waals surface area contributed by atoms with Gasteiger partial charge in [-0.25, -0.2) is 0 Å². The first-order chi connectivity index (χ1) is 8.19. The van der Waals surface area contributed by atoms with E-state index in [-0.39, 0.29) is 11.0 Å². The molecule has 1 aromatic rings. The van der Waals surface area contributed by atoms with Gasteiger partial charge < -0.3 is 10.2 Å². The van der Waals surface area contributed by atoms with E-state index >= 15 is 0 Å². The number of nitrogens with one attached hydrogen (secondary N) is 1. The lowest BCUT2D eigenvalue weighted by molar-refractivity contribution is 0.503. The van der Waals surface area contributed by atoms with Crippen molar-refractivity contribution in [1.82, 2.24) is 0 Å². The zero-order chi connectivity index (χ0) is 13.6. The van der Waals surface area contributed by atoms with Crippen molar-refractivity contribution in [2.24, 2.45) is 0 Å². The highest BCUT2D eigenvalue weighted by Gasteiger charge is 2.27. The van der Waals surface area contributed by atoms with Crippen molar-refractivity contribution in [2.45, 2.75) is 52.5 Å². The van der Waals surface area contributed by atoms with Crippen LogP contribution in [0.1, 0.15) is 47.1 Å². The summed E-state index contributed by atoms with van der Waals surface area (Å²) in [4.78, 5) is 2.51. The number of benzene rings is 1. The molecule has 1 aliphatic rings. The summed E-state index contributed by atoms with van der Waals surface area (Å²) < 4.78 is 0. The van der Waals surface area contributed by atoms with E-state index in [0.29, 0.717) is 0 Å². The van der Waals surface area contributed by atoms with E-state index in [1.807, 2.05) is 0 Å². The summed E-state index contributed by atoms with van der Waals surface area (Å²) in [5, 5.41) is 3.50. The number of anilines is 2. The quantitative estimate of drug-likeness (QED) is 0.744. The second-order valence-corrected chi connectivity index (χ2v) is 7.23. The molecule has 0 saturated carbocycles. The first-order valence-electron chi connectivity index (χ1n) is 6.86. The van der Waals surface area contributed by atoms with E-state index in [1.54, 1.807) is 0 Å². The van der Waals surface area contributed by atoms with Crippen LogP contribution in [0.3, 0.4) is 0 Å².